The largest absolute Gasteiger partial charge is 0.360 e. The van der Waals surface area contributed by atoms with Crippen LogP contribution in [0.25, 0.3) is 11.5 Å². The Morgan fingerprint density at radius 2 is 2.35 bits per heavy atom. The summed E-state index contributed by atoms with van der Waals surface area (Å²) in [7, 11) is 0. The Morgan fingerprint density at radius 1 is 1.40 bits per heavy atom. The zero-order chi connectivity index (χ0) is 13.8. The van der Waals surface area contributed by atoms with Crippen molar-refractivity contribution in [2.24, 2.45) is 0 Å². The van der Waals surface area contributed by atoms with Gasteiger partial charge in [-0.1, -0.05) is 28.3 Å². The first-order valence-corrected chi connectivity index (χ1v) is 8.65. The fourth-order valence-corrected chi connectivity index (χ4v) is 3.73. The lowest BCUT2D eigenvalue weighted by Gasteiger charge is -1.92. The summed E-state index contributed by atoms with van der Waals surface area (Å²) in [5.74, 6) is 1.85. The number of hydrogen-bond donors (Lipinski definition) is 1. The molecule has 6 nitrogen and oxygen atoms in total. The van der Waals surface area contributed by atoms with Gasteiger partial charge in [-0.25, -0.2) is 0 Å². The van der Waals surface area contributed by atoms with Gasteiger partial charge in [0.05, 0.1) is 11.3 Å². The third kappa shape index (κ3) is 3.17. The van der Waals surface area contributed by atoms with Crippen molar-refractivity contribution in [3.8, 4) is 11.5 Å². The van der Waals surface area contributed by atoms with E-state index in [0.717, 1.165) is 21.6 Å². The van der Waals surface area contributed by atoms with Crippen LogP contribution in [0.4, 0.5) is 5.13 Å². The van der Waals surface area contributed by atoms with Gasteiger partial charge in [-0.2, -0.15) is 16.3 Å². The fourth-order valence-electron chi connectivity index (χ4n) is 1.43. The number of rotatable bonds is 6. The molecule has 3 aromatic rings. The molecule has 0 unspecified atom stereocenters. The highest BCUT2D eigenvalue weighted by Crippen LogP contribution is 2.28. The molecule has 3 heterocycles. The molecule has 0 radical (unpaired) electrons. The van der Waals surface area contributed by atoms with E-state index in [1.165, 1.54) is 11.3 Å². The van der Waals surface area contributed by atoms with Gasteiger partial charge in [-0.05, 0) is 18.4 Å². The minimum Gasteiger partial charge on any atom is -0.360 e. The van der Waals surface area contributed by atoms with E-state index in [4.69, 9.17) is 4.52 Å². The second-order valence-electron chi connectivity index (χ2n) is 3.72. The average molecular weight is 325 g/mol. The SMILES string of the molecule is CCNc1nnc(SCc2noc(-c3ccsc3)n2)s1. The Kier molecular flexibility index (Phi) is 4.28. The number of thioether (sulfide) groups is 1. The van der Waals surface area contributed by atoms with Gasteiger partial charge in [0, 0.05) is 11.9 Å². The molecular weight excluding hydrogens is 314 g/mol. The van der Waals surface area contributed by atoms with Crippen molar-refractivity contribution in [2.45, 2.75) is 17.0 Å². The Balaban J connectivity index is 1.60. The predicted molar refractivity (Wildman–Crippen MR) is 81.2 cm³/mol. The molecular formula is C11H11N5OS3. The molecule has 3 aromatic heterocycles. The Hall–Kier alpha value is -1.45. The van der Waals surface area contributed by atoms with Crippen LogP contribution in [0.5, 0.6) is 0 Å². The van der Waals surface area contributed by atoms with Crippen LogP contribution < -0.4 is 5.32 Å². The molecule has 0 aliphatic heterocycles. The van der Waals surface area contributed by atoms with Crippen LogP contribution in [0.2, 0.25) is 0 Å². The highest BCUT2D eigenvalue weighted by molar-refractivity contribution is 8.00. The van der Waals surface area contributed by atoms with Gasteiger partial charge in [-0.15, -0.1) is 10.2 Å². The Labute approximate surface area is 127 Å². The highest BCUT2D eigenvalue weighted by Gasteiger charge is 2.11. The first kappa shape index (κ1) is 13.5. The number of thiophene rings is 1. The van der Waals surface area contributed by atoms with Crippen molar-refractivity contribution < 1.29 is 4.52 Å². The molecule has 0 fully saturated rings. The van der Waals surface area contributed by atoms with Crippen molar-refractivity contribution in [1.82, 2.24) is 20.3 Å². The van der Waals surface area contributed by atoms with E-state index >= 15 is 0 Å². The first-order chi connectivity index (χ1) is 9.85. The average Bonchev–Trinajstić information content (AvgIpc) is 3.18. The first-order valence-electron chi connectivity index (χ1n) is 5.90. The van der Waals surface area contributed by atoms with Crippen LogP contribution in [0.15, 0.2) is 25.7 Å². The number of hydrogen-bond acceptors (Lipinski definition) is 9. The van der Waals surface area contributed by atoms with Crippen LogP contribution in [-0.2, 0) is 5.75 Å². The molecule has 0 aliphatic rings. The molecule has 0 saturated carbocycles. The summed E-state index contributed by atoms with van der Waals surface area (Å²) in [5.41, 5.74) is 0.962. The monoisotopic (exact) mass is 325 g/mol. The fraction of sp³-hybridized carbons (Fsp3) is 0.273. The lowest BCUT2D eigenvalue weighted by atomic mass is 10.3. The smallest absolute Gasteiger partial charge is 0.258 e. The standard InChI is InChI=1S/C11H11N5OS3/c1-2-12-10-14-15-11(20-10)19-6-8-13-9(17-16-8)7-3-4-18-5-7/h3-5H,2,6H2,1H3,(H,12,14). The van der Waals surface area contributed by atoms with E-state index in [1.807, 2.05) is 23.8 Å². The maximum Gasteiger partial charge on any atom is 0.258 e. The summed E-state index contributed by atoms with van der Waals surface area (Å²) in [5, 5.41) is 20.0. The summed E-state index contributed by atoms with van der Waals surface area (Å²) in [6, 6.07) is 1.96. The maximum atomic E-state index is 5.23. The van der Waals surface area contributed by atoms with Gasteiger partial charge in [0.1, 0.15) is 0 Å². The van der Waals surface area contributed by atoms with Gasteiger partial charge >= 0.3 is 0 Å². The molecule has 1 N–H and O–H groups in total. The van der Waals surface area contributed by atoms with Crippen LogP contribution in [0, 0.1) is 0 Å². The van der Waals surface area contributed by atoms with Gasteiger partial charge < -0.3 is 9.84 Å². The highest BCUT2D eigenvalue weighted by atomic mass is 32.2. The minimum absolute atomic E-state index is 0.562. The predicted octanol–water partition coefficient (Wildman–Crippen LogP) is 3.37. The normalized spacial score (nSPS) is 10.8. The van der Waals surface area contributed by atoms with Gasteiger partial charge in [0.25, 0.3) is 5.89 Å². The summed E-state index contributed by atoms with van der Waals surface area (Å²) in [6.45, 7) is 2.87. The minimum atomic E-state index is 0.562. The Morgan fingerprint density at radius 3 is 3.15 bits per heavy atom. The summed E-state index contributed by atoms with van der Waals surface area (Å²) in [6.07, 6.45) is 0. The maximum absolute atomic E-state index is 5.23. The number of nitrogens with one attached hydrogen (secondary N) is 1. The quantitative estimate of drug-likeness (QED) is 0.696. The zero-order valence-corrected chi connectivity index (χ0v) is 13.0. The van der Waals surface area contributed by atoms with Crippen molar-refractivity contribution in [3.63, 3.8) is 0 Å². The van der Waals surface area contributed by atoms with Crippen molar-refractivity contribution in [2.75, 3.05) is 11.9 Å². The summed E-state index contributed by atoms with van der Waals surface area (Å²) < 4.78 is 6.12. The van der Waals surface area contributed by atoms with Gasteiger partial charge in [0.2, 0.25) is 5.13 Å². The molecule has 3 rings (SSSR count). The molecule has 20 heavy (non-hydrogen) atoms. The van der Waals surface area contributed by atoms with E-state index in [-0.39, 0.29) is 0 Å². The van der Waals surface area contributed by atoms with Crippen molar-refractivity contribution in [3.05, 3.63) is 22.7 Å². The van der Waals surface area contributed by atoms with Gasteiger partial charge in [-0.3, -0.25) is 0 Å². The van der Waals surface area contributed by atoms with Crippen molar-refractivity contribution >= 4 is 39.6 Å². The van der Waals surface area contributed by atoms with E-state index in [2.05, 4.69) is 25.7 Å². The van der Waals surface area contributed by atoms with Crippen LogP contribution >= 0.6 is 34.4 Å². The molecule has 9 heteroatoms. The number of aromatic nitrogens is 4. The summed E-state index contributed by atoms with van der Waals surface area (Å²) >= 11 is 4.68. The van der Waals surface area contributed by atoms with Gasteiger partial charge in [0.15, 0.2) is 10.2 Å². The number of anilines is 1. The molecule has 0 amide bonds. The molecule has 0 bridgehead atoms. The second kappa shape index (κ2) is 6.33. The van der Waals surface area contributed by atoms with Crippen molar-refractivity contribution in [1.29, 1.82) is 0 Å². The lowest BCUT2D eigenvalue weighted by Crippen LogP contribution is -1.94. The van der Waals surface area contributed by atoms with Crippen LogP contribution in [0.1, 0.15) is 12.7 Å². The van der Waals surface area contributed by atoms with E-state index in [0.29, 0.717) is 17.5 Å². The van der Waals surface area contributed by atoms with E-state index in [9.17, 15) is 0 Å². The topological polar surface area (TPSA) is 76.7 Å². The molecule has 0 atom stereocenters. The molecule has 0 saturated heterocycles. The van der Waals surface area contributed by atoms with E-state index in [1.54, 1.807) is 23.1 Å². The second-order valence-corrected chi connectivity index (χ2v) is 6.70. The Bertz CT molecular complexity index is 663. The molecule has 0 aromatic carbocycles. The van der Waals surface area contributed by atoms with E-state index < -0.39 is 0 Å². The zero-order valence-electron chi connectivity index (χ0n) is 10.6. The third-order valence-corrected chi connectivity index (χ3v) is 4.99. The summed E-state index contributed by atoms with van der Waals surface area (Å²) in [4.78, 5) is 4.36. The van der Waals surface area contributed by atoms with Crippen LogP contribution in [-0.4, -0.2) is 26.9 Å². The molecule has 0 aliphatic carbocycles. The molecule has 0 spiro atoms. The van der Waals surface area contributed by atoms with Crippen LogP contribution in [0.3, 0.4) is 0 Å². The lowest BCUT2D eigenvalue weighted by molar-refractivity contribution is 0.425. The third-order valence-electron chi connectivity index (χ3n) is 2.30. The number of nitrogens with zero attached hydrogens (tertiary/aromatic N) is 4. The molecule has 104 valence electrons.